The molecular formula is C21H19NO5S. The number of rotatable bonds is 6. The van der Waals surface area contributed by atoms with Crippen LogP contribution < -0.4 is 14.2 Å². The van der Waals surface area contributed by atoms with Crippen LogP contribution >= 0.6 is 0 Å². The molecule has 0 aromatic heterocycles. The first-order chi connectivity index (χ1) is 13.4. The topological polar surface area (TPSA) is 81.7 Å². The molecule has 0 radical (unpaired) electrons. The van der Waals surface area contributed by atoms with Gasteiger partial charge in [-0.05, 0) is 67.6 Å². The molecule has 0 bridgehead atoms. The van der Waals surface area contributed by atoms with E-state index >= 15 is 0 Å². The fourth-order valence-corrected chi connectivity index (χ4v) is 3.47. The van der Waals surface area contributed by atoms with Gasteiger partial charge >= 0.3 is 5.97 Å². The van der Waals surface area contributed by atoms with Crippen LogP contribution in [-0.4, -0.2) is 21.5 Å². The molecule has 28 heavy (non-hydrogen) atoms. The van der Waals surface area contributed by atoms with Crippen molar-refractivity contribution in [2.24, 2.45) is 0 Å². The van der Waals surface area contributed by atoms with E-state index in [2.05, 4.69) is 4.72 Å². The second-order valence-electron chi connectivity index (χ2n) is 6.06. The van der Waals surface area contributed by atoms with Crippen LogP contribution in [-0.2, 0) is 10.0 Å². The summed E-state index contributed by atoms with van der Waals surface area (Å²) >= 11 is 0. The second kappa shape index (κ2) is 8.14. The zero-order valence-electron chi connectivity index (χ0n) is 15.4. The lowest BCUT2D eigenvalue weighted by Crippen LogP contribution is -2.13. The van der Waals surface area contributed by atoms with E-state index in [-0.39, 0.29) is 10.6 Å². The standard InChI is InChI=1S/C21H19NO5S/c1-15-3-5-16(6-4-15)21(23)27-19-11-13-20(14-12-19)28(24,25)22-17-7-9-18(26-2)10-8-17/h3-14,22H,1-2H3. The van der Waals surface area contributed by atoms with E-state index in [1.807, 2.05) is 19.1 Å². The average Bonchev–Trinajstić information content (AvgIpc) is 2.69. The minimum Gasteiger partial charge on any atom is -0.497 e. The number of sulfonamides is 1. The molecule has 0 fully saturated rings. The Balaban J connectivity index is 1.70. The fourth-order valence-electron chi connectivity index (χ4n) is 2.42. The summed E-state index contributed by atoms with van der Waals surface area (Å²) in [6.07, 6.45) is 0. The van der Waals surface area contributed by atoms with Crippen LogP contribution in [0.4, 0.5) is 5.69 Å². The van der Waals surface area contributed by atoms with Crippen molar-refractivity contribution in [3.8, 4) is 11.5 Å². The minimum absolute atomic E-state index is 0.0541. The lowest BCUT2D eigenvalue weighted by atomic mass is 10.1. The number of aryl methyl sites for hydroxylation is 1. The molecule has 0 heterocycles. The summed E-state index contributed by atoms with van der Waals surface area (Å²) in [6.45, 7) is 1.92. The third-order valence-corrected chi connectivity index (χ3v) is 5.37. The van der Waals surface area contributed by atoms with E-state index in [9.17, 15) is 13.2 Å². The summed E-state index contributed by atoms with van der Waals surface area (Å²) < 4.78 is 37.8. The molecule has 3 aromatic carbocycles. The monoisotopic (exact) mass is 397 g/mol. The summed E-state index contributed by atoms with van der Waals surface area (Å²) in [5.74, 6) is 0.378. The van der Waals surface area contributed by atoms with Crippen molar-refractivity contribution in [1.29, 1.82) is 0 Å². The first kappa shape index (κ1) is 19.4. The first-order valence-corrected chi connectivity index (χ1v) is 9.91. The molecule has 0 atom stereocenters. The maximum absolute atomic E-state index is 12.5. The van der Waals surface area contributed by atoms with E-state index in [1.165, 1.54) is 31.4 Å². The molecule has 0 amide bonds. The molecule has 1 N–H and O–H groups in total. The van der Waals surface area contributed by atoms with Crippen LogP contribution in [0.2, 0.25) is 0 Å². The number of esters is 1. The highest BCUT2D eigenvalue weighted by Gasteiger charge is 2.15. The molecule has 0 aliphatic heterocycles. The average molecular weight is 397 g/mol. The van der Waals surface area contributed by atoms with Crippen molar-refractivity contribution in [1.82, 2.24) is 0 Å². The summed E-state index contributed by atoms with van der Waals surface area (Å²) in [7, 11) is -2.23. The van der Waals surface area contributed by atoms with Crippen molar-refractivity contribution < 1.29 is 22.7 Å². The Morgan fingerprint density at radius 2 is 1.39 bits per heavy atom. The lowest BCUT2D eigenvalue weighted by molar-refractivity contribution is 0.0734. The Morgan fingerprint density at radius 1 is 0.821 bits per heavy atom. The van der Waals surface area contributed by atoms with E-state index in [4.69, 9.17) is 9.47 Å². The Bertz CT molecular complexity index is 1060. The van der Waals surface area contributed by atoms with Crippen LogP contribution in [0.3, 0.4) is 0 Å². The summed E-state index contributed by atoms with van der Waals surface area (Å²) in [5, 5.41) is 0. The van der Waals surface area contributed by atoms with Crippen molar-refractivity contribution in [2.45, 2.75) is 11.8 Å². The molecule has 7 heteroatoms. The van der Waals surface area contributed by atoms with Crippen LogP contribution in [0.5, 0.6) is 11.5 Å². The van der Waals surface area contributed by atoms with E-state index < -0.39 is 16.0 Å². The number of carbonyl (C=O) groups is 1. The SMILES string of the molecule is COc1ccc(NS(=O)(=O)c2ccc(OC(=O)c3ccc(C)cc3)cc2)cc1. The normalized spacial score (nSPS) is 10.9. The van der Waals surface area contributed by atoms with E-state index in [1.54, 1.807) is 36.4 Å². The largest absolute Gasteiger partial charge is 0.497 e. The van der Waals surface area contributed by atoms with Gasteiger partial charge in [-0.15, -0.1) is 0 Å². The lowest BCUT2D eigenvalue weighted by Gasteiger charge is -2.10. The van der Waals surface area contributed by atoms with Gasteiger partial charge < -0.3 is 9.47 Å². The third-order valence-electron chi connectivity index (χ3n) is 3.97. The van der Waals surface area contributed by atoms with E-state index in [0.717, 1.165) is 5.56 Å². The summed E-state index contributed by atoms with van der Waals surface area (Å²) in [5.41, 5.74) is 1.87. The molecule has 0 aliphatic rings. The van der Waals surface area contributed by atoms with Gasteiger partial charge in [0.05, 0.1) is 17.6 Å². The van der Waals surface area contributed by atoms with Crippen molar-refractivity contribution in [2.75, 3.05) is 11.8 Å². The van der Waals surface area contributed by atoms with Gasteiger partial charge in [0, 0.05) is 5.69 Å². The van der Waals surface area contributed by atoms with Gasteiger partial charge in [-0.2, -0.15) is 0 Å². The highest BCUT2D eigenvalue weighted by Crippen LogP contribution is 2.21. The molecule has 0 unspecified atom stereocenters. The zero-order valence-corrected chi connectivity index (χ0v) is 16.2. The first-order valence-electron chi connectivity index (χ1n) is 8.43. The van der Waals surface area contributed by atoms with Gasteiger partial charge in [0.15, 0.2) is 0 Å². The van der Waals surface area contributed by atoms with Crippen molar-refractivity contribution in [3.63, 3.8) is 0 Å². The Morgan fingerprint density at radius 3 is 1.96 bits per heavy atom. The Labute approximate surface area is 163 Å². The summed E-state index contributed by atoms with van der Waals surface area (Å²) in [6, 6.07) is 19.1. The Hall–Kier alpha value is -3.32. The smallest absolute Gasteiger partial charge is 0.343 e. The van der Waals surface area contributed by atoms with Crippen LogP contribution in [0.1, 0.15) is 15.9 Å². The Kier molecular flexibility index (Phi) is 5.65. The molecule has 0 saturated carbocycles. The number of carbonyl (C=O) groups excluding carboxylic acids is 1. The number of ether oxygens (including phenoxy) is 2. The third kappa shape index (κ3) is 4.69. The van der Waals surface area contributed by atoms with Crippen molar-refractivity contribution >= 4 is 21.7 Å². The predicted molar refractivity (Wildman–Crippen MR) is 106 cm³/mol. The number of methoxy groups -OCH3 is 1. The van der Waals surface area contributed by atoms with Crippen LogP contribution in [0.25, 0.3) is 0 Å². The highest BCUT2D eigenvalue weighted by molar-refractivity contribution is 7.92. The number of hydrogen-bond acceptors (Lipinski definition) is 5. The van der Waals surface area contributed by atoms with Crippen molar-refractivity contribution in [3.05, 3.63) is 83.9 Å². The van der Waals surface area contributed by atoms with Gasteiger partial charge in [0.1, 0.15) is 11.5 Å². The zero-order chi connectivity index (χ0) is 20.1. The van der Waals surface area contributed by atoms with Crippen LogP contribution in [0.15, 0.2) is 77.7 Å². The summed E-state index contributed by atoms with van der Waals surface area (Å²) in [4.78, 5) is 12.2. The quantitative estimate of drug-likeness (QED) is 0.502. The maximum atomic E-state index is 12.5. The second-order valence-corrected chi connectivity index (χ2v) is 7.74. The number of nitrogens with one attached hydrogen (secondary N) is 1. The fraction of sp³-hybridized carbons (Fsp3) is 0.0952. The van der Waals surface area contributed by atoms with Crippen LogP contribution in [0, 0.1) is 6.92 Å². The highest BCUT2D eigenvalue weighted by atomic mass is 32.2. The van der Waals surface area contributed by atoms with Gasteiger partial charge in [0.25, 0.3) is 10.0 Å². The van der Waals surface area contributed by atoms with Gasteiger partial charge in [0.2, 0.25) is 0 Å². The minimum atomic E-state index is -3.77. The number of benzene rings is 3. The predicted octanol–water partition coefficient (Wildman–Crippen LogP) is 4.02. The molecule has 6 nitrogen and oxygen atoms in total. The number of hydrogen-bond donors (Lipinski definition) is 1. The molecular weight excluding hydrogens is 378 g/mol. The number of anilines is 1. The molecule has 0 saturated heterocycles. The molecule has 3 rings (SSSR count). The van der Waals surface area contributed by atoms with Gasteiger partial charge in [-0.25, -0.2) is 13.2 Å². The molecule has 0 aliphatic carbocycles. The molecule has 0 spiro atoms. The molecule has 144 valence electrons. The van der Waals surface area contributed by atoms with Gasteiger partial charge in [-0.1, -0.05) is 17.7 Å². The maximum Gasteiger partial charge on any atom is 0.343 e. The molecule has 3 aromatic rings. The van der Waals surface area contributed by atoms with Gasteiger partial charge in [-0.3, -0.25) is 4.72 Å². The van der Waals surface area contributed by atoms with E-state index in [0.29, 0.717) is 17.0 Å².